The summed E-state index contributed by atoms with van der Waals surface area (Å²) in [7, 11) is 0. The highest BCUT2D eigenvalue weighted by Crippen LogP contribution is 2.26. The van der Waals surface area contributed by atoms with Gasteiger partial charge in [-0.1, -0.05) is 30.7 Å². The summed E-state index contributed by atoms with van der Waals surface area (Å²) in [4.78, 5) is 0. The molecule has 0 amide bonds. The summed E-state index contributed by atoms with van der Waals surface area (Å²) < 4.78 is 2.23. The van der Waals surface area contributed by atoms with Crippen molar-refractivity contribution in [1.29, 1.82) is 0 Å². The van der Waals surface area contributed by atoms with Crippen molar-refractivity contribution in [2.75, 3.05) is 6.54 Å². The molecule has 0 saturated carbocycles. The highest BCUT2D eigenvalue weighted by molar-refractivity contribution is 6.32. The van der Waals surface area contributed by atoms with Gasteiger partial charge in [0.1, 0.15) is 0 Å². The Morgan fingerprint density at radius 1 is 1.21 bits per heavy atom. The summed E-state index contributed by atoms with van der Waals surface area (Å²) >= 11 is 6.30. The minimum atomic E-state index is 0.789. The van der Waals surface area contributed by atoms with E-state index in [0.717, 1.165) is 30.2 Å². The SMILES string of the molecule is CCCNCc1cc(C)n(-c2ccccc2Cl)c1C. The van der Waals surface area contributed by atoms with Gasteiger partial charge in [-0.15, -0.1) is 0 Å². The summed E-state index contributed by atoms with van der Waals surface area (Å²) in [5.74, 6) is 0. The van der Waals surface area contributed by atoms with Crippen molar-refractivity contribution in [2.24, 2.45) is 0 Å². The van der Waals surface area contributed by atoms with Crippen molar-refractivity contribution in [2.45, 2.75) is 33.7 Å². The molecule has 1 heterocycles. The standard InChI is InChI=1S/C16H21ClN2/c1-4-9-18-11-14-10-12(2)19(13(14)3)16-8-6-5-7-15(16)17/h5-8,10,18H,4,9,11H2,1-3H3. The Hall–Kier alpha value is -1.25. The lowest BCUT2D eigenvalue weighted by molar-refractivity contribution is 0.672. The molecule has 1 N–H and O–H groups in total. The number of aromatic nitrogens is 1. The summed E-state index contributed by atoms with van der Waals surface area (Å²) in [5, 5.41) is 4.24. The first-order chi connectivity index (χ1) is 9.15. The second-order valence-electron chi connectivity index (χ2n) is 4.86. The number of aryl methyl sites for hydroxylation is 1. The maximum absolute atomic E-state index is 6.30. The van der Waals surface area contributed by atoms with Gasteiger partial charge < -0.3 is 9.88 Å². The zero-order valence-electron chi connectivity index (χ0n) is 11.8. The van der Waals surface area contributed by atoms with Crippen LogP contribution in [0.15, 0.2) is 30.3 Å². The normalized spacial score (nSPS) is 10.9. The number of hydrogen-bond donors (Lipinski definition) is 1. The zero-order valence-corrected chi connectivity index (χ0v) is 12.6. The molecule has 3 heteroatoms. The van der Waals surface area contributed by atoms with Crippen molar-refractivity contribution in [3.63, 3.8) is 0 Å². The van der Waals surface area contributed by atoms with Crippen LogP contribution >= 0.6 is 11.6 Å². The first-order valence-corrected chi connectivity index (χ1v) is 7.16. The maximum atomic E-state index is 6.30. The highest BCUT2D eigenvalue weighted by Gasteiger charge is 2.12. The predicted octanol–water partition coefficient (Wildman–Crippen LogP) is 4.25. The van der Waals surface area contributed by atoms with E-state index in [1.807, 2.05) is 18.2 Å². The number of halogens is 1. The van der Waals surface area contributed by atoms with E-state index in [2.05, 4.69) is 42.8 Å². The van der Waals surface area contributed by atoms with Gasteiger partial charge in [0.15, 0.2) is 0 Å². The average Bonchev–Trinajstić information content (AvgIpc) is 2.66. The first kappa shape index (κ1) is 14.2. The number of rotatable bonds is 5. The molecule has 1 aromatic carbocycles. The molecule has 0 bridgehead atoms. The highest BCUT2D eigenvalue weighted by atomic mass is 35.5. The van der Waals surface area contributed by atoms with Crippen molar-refractivity contribution in [3.8, 4) is 5.69 Å². The van der Waals surface area contributed by atoms with Gasteiger partial charge in [0.25, 0.3) is 0 Å². The van der Waals surface area contributed by atoms with Crippen LogP contribution in [0.4, 0.5) is 0 Å². The Morgan fingerprint density at radius 2 is 1.95 bits per heavy atom. The number of benzene rings is 1. The molecule has 102 valence electrons. The minimum Gasteiger partial charge on any atom is -0.317 e. The van der Waals surface area contributed by atoms with E-state index in [0.29, 0.717) is 0 Å². The molecular weight excluding hydrogens is 256 g/mol. The molecule has 0 fully saturated rings. The largest absolute Gasteiger partial charge is 0.317 e. The van der Waals surface area contributed by atoms with Crippen LogP contribution in [0.1, 0.15) is 30.3 Å². The molecule has 0 atom stereocenters. The van der Waals surface area contributed by atoms with E-state index in [4.69, 9.17) is 11.6 Å². The Kier molecular flexibility index (Phi) is 4.67. The number of nitrogens with zero attached hydrogens (tertiary/aromatic N) is 1. The molecular formula is C16H21ClN2. The molecule has 2 nitrogen and oxygen atoms in total. The molecule has 0 unspecified atom stereocenters. The van der Waals surface area contributed by atoms with E-state index in [1.54, 1.807) is 0 Å². The third-order valence-corrected chi connectivity index (χ3v) is 3.69. The van der Waals surface area contributed by atoms with Crippen molar-refractivity contribution in [3.05, 3.63) is 52.3 Å². The zero-order chi connectivity index (χ0) is 13.8. The average molecular weight is 277 g/mol. The minimum absolute atomic E-state index is 0.789. The van der Waals surface area contributed by atoms with Crippen molar-refractivity contribution < 1.29 is 0 Å². The Labute approximate surface area is 120 Å². The lowest BCUT2D eigenvalue weighted by atomic mass is 10.2. The third-order valence-electron chi connectivity index (χ3n) is 3.37. The summed E-state index contributed by atoms with van der Waals surface area (Å²) in [6.45, 7) is 8.42. The van der Waals surface area contributed by atoms with Gasteiger partial charge >= 0.3 is 0 Å². The second kappa shape index (κ2) is 6.27. The molecule has 0 aliphatic heterocycles. The van der Waals surface area contributed by atoms with Crippen LogP contribution in [0, 0.1) is 13.8 Å². The Balaban J connectivity index is 2.34. The van der Waals surface area contributed by atoms with Crippen LogP contribution in [-0.2, 0) is 6.54 Å². The quantitative estimate of drug-likeness (QED) is 0.808. The van der Waals surface area contributed by atoms with Gasteiger partial charge in [0.2, 0.25) is 0 Å². The van der Waals surface area contributed by atoms with E-state index < -0.39 is 0 Å². The molecule has 2 aromatic rings. The lowest BCUT2D eigenvalue weighted by Gasteiger charge is -2.12. The van der Waals surface area contributed by atoms with Crippen molar-refractivity contribution >= 4 is 11.6 Å². The molecule has 0 radical (unpaired) electrons. The number of para-hydroxylation sites is 1. The van der Waals surface area contributed by atoms with E-state index >= 15 is 0 Å². The number of nitrogens with one attached hydrogen (secondary N) is 1. The third kappa shape index (κ3) is 3.02. The van der Waals surface area contributed by atoms with Crippen LogP contribution < -0.4 is 5.32 Å². The fourth-order valence-electron chi connectivity index (χ4n) is 2.41. The summed E-state index contributed by atoms with van der Waals surface area (Å²) in [6.07, 6.45) is 1.16. The monoisotopic (exact) mass is 276 g/mol. The topological polar surface area (TPSA) is 17.0 Å². The molecule has 2 rings (SSSR count). The molecule has 0 spiro atoms. The predicted molar refractivity (Wildman–Crippen MR) is 82.3 cm³/mol. The van der Waals surface area contributed by atoms with Gasteiger partial charge in [0, 0.05) is 17.9 Å². The van der Waals surface area contributed by atoms with Crippen LogP contribution in [0.25, 0.3) is 5.69 Å². The van der Waals surface area contributed by atoms with Crippen LogP contribution in [-0.4, -0.2) is 11.1 Å². The van der Waals surface area contributed by atoms with Gasteiger partial charge in [-0.05, 0) is 50.6 Å². The summed E-state index contributed by atoms with van der Waals surface area (Å²) in [5.41, 5.74) is 4.87. The van der Waals surface area contributed by atoms with Crippen LogP contribution in [0.3, 0.4) is 0 Å². The molecule has 19 heavy (non-hydrogen) atoms. The fraction of sp³-hybridized carbons (Fsp3) is 0.375. The Bertz CT molecular complexity index is 558. The van der Waals surface area contributed by atoms with Gasteiger partial charge in [0.05, 0.1) is 10.7 Å². The van der Waals surface area contributed by atoms with Gasteiger partial charge in [-0.25, -0.2) is 0 Å². The summed E-state index contributed by atoms with van der Waals surface area (Å²) in [6, 6.07) is 10.2. The lowest BCUT2D eigenvalue weighted by Crippen LogP contribution is -2.14. The smallest absolute Gasteiger partial charge is 0.0646 e. The first-order valence-electron chi connectivity index (χ1n) is 6.78. The van der Waals surface area contributed by atoms with E-state index in [-0.39, 0.29) is 0 Å². The second-order valence-corrected chi connectivity index (χ2v) is 5.27. The number of hydrogen-bond acceptors (Lipinski definition) is 1. The van der Waals surface area contributed by atoms with E-state index in [9.17, 15) is 0 Å². The fourth-order valence-corrected chi connectivity index (χ4v) is 2.63. The maximum Gasteiger partial charge on any atom is 0.0646 e. The van der Waals surface area contributed by atoms with Crippen LogP contribution in [0.2, 0.25) is 5.02 Å². The van der Waals surface area contributed by atoms with Gasteiger partial charge in [-0.2, -0.15) is 0 Å². The molecule has 0 aliphatic rings. The van der Waals surface area contributed by atoms with Crippen molar-refractivity contribution in [1.82, 2.24) is 9.88 Å². The molecule has 0 aliphatic carbocycles. The molecule has 1 aromatic heterocycles. The van der Waals surface area contributed by atoms with Crippen LogP contribution in [0.5, 0.6) is 0 Å². The van der Waals surface area contributed by atoms with Gasteiger partial charge in [-0.3, -0.25) is 0 Å². The molecule has 0 saturated heterocycles. The Morgan fingerprint density at radius 3 is 2.63 bits per heavy atom. The van der Waals surface area contributed by atoms with E-state index in [1.165, 1.54) is 17.0 Å².